The van der Waals surface area contributed by atoms with Crippen molar-refractivity contribution in [1.82, 2.24) is 0 Å². The Labute approximate surface area is 97.6 Å². The number of rotatable bonds is 2. The van der Waals surface area contributed by atoms with Gasteiger partial charge in [-0.2, -0.15) is 0 Å². The molecule has 1 aromatic carbocycles. The molecule has 2 N–H and O–H groups in total. The van der Waals surface area contributed by atoms with E-state index in [4.69, 9.17) is 17.3 Å². The molecule has 1 aromatic rings. The number of alkyl halides is 1. The lowest BCUT2D eigenvalue weighted by molar-refractivity contribution is 0.589. The van der Waals surface area contributed by atoms with Crippen molar-refractivity contribution in [3.05, 3.63) is 34.9 Å². The maximum Gasteiger partial charge on any atom is 0.0435 e. The fourth-order valence-corrected chi connectivity index (χ4v) is 1.81. The number of hydrogen-bond acceptors (Lipinski definition) is 1. The first kappa shape index (κ1) is 12.5. The van der Waals surface area contributed by atoms with Gasteiger partial charge in [0.05, 0.1) is 0 Å². The van der Waals surface area contributed by atoms with Gasteiger partial charge in [0.25, 0.3) is 0 Å². The van der Waals surface area contributed by atoms with Crippen molar-refractivity contribution >= 4 is 11.6 Å². The average molecular weight is 226 g/mol. The van der Waals surface area contributed by atoms with E-state index < -0.39 is 0 Å². The van der Waals surface area contributed by atoms with Gasteiger partial charge in [-0.1, -0.05) is 39.0 Å². The van der Waals surface area contributed by atoms with Gasteiger partial charge in [0, 0.05) is 11.9 Å². The molecule has 15 heavy (non-hydrogen) atoms. The zero-order chi connectivity index (χ0) is 11.6. The molecule has 1 nitrogen and oxygen atoms in total. The molecule has 0 fully saturated rings. The highest BCUT2D eigenvalue weighted by molar-refractivity contribution is 6.18. The Bertz CT molecular complexity index is 339. The van der Waals surface area contributed by atoms with Crippen molar-refractivity contribution in [3.63, 3.8) is 0 Å². The third-order valence-electron chi connectivity index (χ3n) is 2.70. The Kier molecular flexibility index (Phi) is 3.80. The first-order valence-corrected chi connectivity index (χ1v) is 5.82. The molecule has 1 atom stereocenters. The Morgan fingerprint density at radius 2 is 1.93 bits per heavy atom. The first-order chi connectivity index (χ1) is 6.86. The maximum atomic E-state index is 5.92. The second-order valence-electron chi connectivity index (χ2n) is 5.08. The monoisotopic (exact) mass is 225 g/mol. The fraction of sp³-hybridized carbons (Fsp3) is 0.538. The molecule has 0 radical (unpaired) electrons. The molecule has 0 bridgehead atoms. The molecule has 0 aromatic heterocycles. The van der Waals surface area contributed by atoms with Gasteiger partial charge >= 0.3 is 0 Å². The van der Waals surface area contributed by atoms with Gasteiger partial charge in [0.1, 0.15) is 0 Å². The highest BCUT2D eigenvalue weighted by atomic mass is 35.5. The zero-order valence-corrected chi connectivity index (χ0v) is 10.7. The van der Waals surface area contributed by atoms with Crippen molar-refractivity contribution in [2.75, 3.05) is 5.88 Å². The van der Waals surface area contributed by atoms with Crippen molar-refractivity contribution in [3.8, 4) is 0 Å². The first-order valence-electron chi connectivity index (χ1n) is 5.29. The Morgan fingerprint density at radius 3 is 2.33 bits per heavy atom. The lowest BCUT2D eigenvalue weighted by Crippen LogP contribution is -2.16. The summed E-state index contributed by atoms with van der Waals surface area (Å²) < 4.78 is 0. The van der Waals surface area contributed by atoms with Crippen molar-refractivity contribution in [2.45, 2.75) is 39.2 Å². The summed E-state index contributed by atoms with van der Waals surface area (Å²) in [6.45, 7) is 8.73. The molecule has 0 saturated heterocycles. The number of benzene rings is 1. The van der Waals surface area contributed by atoms with E-state index in [0.717, 1.165) is 5.56 Å². The van der Waals surface area contributed by atoms with Crippen molar-refractivity contribution in [1.29, 1.82) is 0 Å². The van der Waals surface area contributed by atoms with Crippen LogP contribution in [0, 0.1) is 6.92 Å². The van der Waals surface area contributed by atoms with E-state index >= 15 is 0 Å². The van der Waals surface area contributed by atoms with Crippen LogP contribution in [0.3, 0.4) is 0 Å². The summed E-state index contributed by atoms with van der Waals surface area (Å²) in [4.78, 5) is 0. The van der Waals surface area contributed by atoms with Gasteiger partial charge in [-0.05, 0) is 29.0 Å². The van der Waals surface area contributed by atoms with Crippen LogP contribution < -0.4 is 5.73 Å². The highest BCUT2D eigenvalue weighted by Gasteiger charge is 2.15. The van der Waals surface area contributed by atoms with Crippen LogP contribution in [0.2, 0.25) is 0 Å². The standard InChI is InChI=1S/C13H20ClN/c1-9-7-10(13(2,3)4)5-6-11(9)12(15)8-14/h5-7,12H,8,15H2,1-4H3. The minimum absolute atomic E-state index is 0.0549. The normalized spacial score (nSPS) is 14.0. The van der Waals surface area contributed by atoms with E-state index in [9.17, 15) is 0 Å². The molecule has 0 aliphatic rings. The molecule has 84 valence electrons. The van der Waals surface area contributed by atoms with E-state index in [1.54, 1.807) is 0 Å². The molecular formula is C13H20ClN. The van der Waals surface area contributed by atoms with Crippen molar-refractivity contribution < 1.29 is 0 Å². The SMILES string of the molecule is Cc1cc(C(C)(C)C)ccc1C(N)CCl. The largest absolute Gasteiger partial charge is 0.323 e. The Balaban J connectivity index is 3.09. The third-order valence-corrected chi connectivity index (χ3v) is 3.03. The van der Waals surface area contributed by atoms with Crippen LogP contribution in [0.1, 0.15) is 43.5 Å². The Morgan fingerprint density at radius 1 is 1.33 bits per heavy atom. The molecule has 0 spiro atoms. The highest BCUT2D eigenvalue weighted by Crippen LogP contribution is 2.26. The molecule has 0 saturated carbocycles. The molecule has 0 aliphatic heterocycles. The van der Waals surface area contributed by atoms with E-state index in [-0.39, 0.29) is 11.5 Å². The van der Waals surface area contributed by atoms with Crippen LogP contribution in [-0.4, -0.2) is 5.88 Å². The van der Waals surface area contributed by atoms with E-state index in [1.807, 2.05) is 0 Å². The topological polar surface area (TPSA) is 26.0 Å². The lowest BCUT2D eigenvalue weighted by Gasteiger charge is -2.21. The minimum Gasteiger partial charge on any atom is -0.323 e. The Hall–Kier alpha value is -0.530. The number of hydrogen-bond donors (Lipinski definition) is 1. The molecular weight excluding hydrogens is 206 g/mol. The summed E-state index contributed by atoms with van der Waals surface area (Å²) in [5, 5.41) is 0. The van der Waals surface area contributed by atoms with Gasteiger partial charge in [-0.15, -0.1) is 11.6 Å². The predicted molar refractivity (Wildman–Crippen MR) is 67.5 cm³/mol. The van der Waals surface area contributed by atoms with Crippen LogP contribution in [0.25, 0.3) is 0 Å². The second-order valence-corrected chi connectivity index (χ2v) is 5.39. The molecule has 2 heteroatoms. The quantitative estimate of drug-likeness (QED) is 0.766. The minimum atomic E-state index is -0.0549. The van der Waals surface area contributed by atoms with Crippen LogP contribution >= 0.6 is 11.6 Å². The summed E-state index contributed by atoms with van der Waals surface area (Å²) in [5.41, 5.74) is 9.83. The summed E-state index contributed by atoms with van der Waals surface area (Å²) >= 11 is 5.76. The van der Waals surface area contributed by atoms with Gasteiger partial charge in [0.2, 0.25) is 0 Å². The molecule has 0 aliphatic carbocycles. The lowest BCUT2D eigenvalue weighted by atomic mass is 9.85. The smallest absolute Gasteiger partial charge is 0.0435 e. The van der Waals surface area contributed by atoms with E-state index in [2.05, 4.69) is 45.9 Å². The maximum absolute atomic E-state index is 5.92. The number of aryl methyl sites for hydroxylation is 1. The van der Waals surface area contributed by atoms with Crippen LogP contribution in [0.15, 0.2) is 18.2 Å². The van der Waals surface area contributed by atoms with Gasteiger partial charge < -0.3 is 5.73 Å². The van der Waals surface area contributed by atoms with Crippen molar-refractivity contribution in [2.24, 2.45) is 5.73 Å². The zero-order valence-electron chi connectivity index (χ0n) is 9.97. The number of nitrogens with two attached hydrogens (primary N) is 1. The molecule has 1 unspecified atom stereocenters. The average Bonchev–Trinajstić information content (AvgIpc) is 2.15. The van der Waals surface area contributed by atoms with E-state index in [1.165, 1.54) is 11.1 Å². The van der Waals surface area contributed by atoms with Crippen LogP contribution in [-0.2, 0) is 5.41 Å². The summed E-state index contributed by atoms with van der Waals surface area (Å²) in [7, 11) is 0. The van der Waals surface area contributed by atoms with Crippen LogP contribution in [0.4, 0.5) is 0 Å². The van der Waals surface area contributed by atoms with Gasteiger partial charge in [-0.25, -0.2) is 0 Å². The summed E-state index contributed by atoms with van der Waals surface area (Å²) in [6.07, 6.45) is 0. The van der Waals surface area contributed by atoms with Crippen LogP contribution in [0.5, 0.6) is 0 Å². The summed E-state index contributed by atoms with van der Waals surface area (Å²) in [6, 6.07) is 6.40. The number of halogens is 1. The summed E-state index contributed by atoms with van der Waals surface area (Å²) in [5.74, 6) is 0.468. The molecule has 0 amide bonds. The van der Waals surface area contributed by atoms with Gasteiger partial charge in [-0.3, -0.25) is 0 Å². The van der Waals surface area contributed by atoms with Gasteiger partial charge in [0.15, 0.2) is 0 Å². The second kappa shape index (κ2) is 4.54. The third kappa shape index (κ3) is 2.96. The molecule has 1 rings (SSSR count). The predicted octanol–water partition coefficient (Wildman–Crippen LogP) is 3.53. The fourth-order valence-electron chi connectivity index (χ4n) is 1.64. The van der Waals surface area contributed by atoms with E-state index in [0.29, 0.717) is 5.88 Å². The molecule has 0 heterocycles.